The number of aromatic nitrogens is 3. The fraction of sp³-hybridized carbons (Fsp3) is 0.167. The Bertz CT molecular complexity index is 1830. The Kier molecular flexibility index (Phi) is 7.95. The smallest absolute Gasteiger partial charge is 0.406 e. The normalized spacial score (nSPS) is 17.0. The Labute approximate surface area is 259 Å². The number of thioether (sulfide) groups is 1. The van der Waals surface area contributed by atoms with Crippen molar-refractivity contribution in [3.05, 3.63) is 101 Å². The number of hydrogen-bond donors (Lipinski definition) is 1. The van der Waals surface area contributed by atoms with E-state index in [1.165, 1.54) is 64.9 Å². The zero-order valence-electron chi connectivity index (χ0n) is 23.2. The molecule has 2 aliphatic heterocycles. The second-order valence-electron chi connectivity index (χ2n) is 9.99. The van der Waals surface area contributed by atoms with E-state index in [2.05, 4.69) is 73.4 Å². The highest BCUT2D eigenvalue weighted by atomic mass is 32.2. The summed E-state index contributed by atoms with van der Waals surface area (Å²) in [5.41, 5.74) is 8.39. The predicted octanol–water partition coefficient (Wildman–Crippen LogP) is 7.10. The number of allylic oxidation sites excluding steroid dienone is 1. The minimum absolute atomic E-state index is 0.141. The van der Waals surface area contributed by atoms with E-state index in [0.717, 1.165) is 22.2 Å². The summed E-state index contributed by atoms with van der Waals surface area (Å²) in [6.07, 6.45) is 0.133. The number of rotatable bonds is 5. The number of hydrogen-bond acceptors (Lipinski definition) is 6. The van der Waals surface area contributed by atoms with Crippen LogP contribution in [0.4, 0.5) is 23.2 Å². The summed E-state index contributed by atoms with van der Waals surface area (Å²) in [5, 5.41) is 9.26. The number of anilines is 1. The number of aryl methyl sites for hydroxylation is 1. The van der Waals surface area contributed by atoms with Gasteiger partial charge in [0.15, 0.2) is 11.0 Å². The van der Waals surface area contributed by atoms with Crippen LogP contribution in [-0.4, -0.2) is 43.4 Å². The van der Waals surface area contributed by atoms with Crippen LogP contribution in [-0.2, 0) is 0 Å². The maximum absolute atomic E-state index is 14.9. The predicted molar refractivity (Wildman–Crippen MR) is 167 cm³/mol. The number of ether oxygens (including phenoxy) is 1. The lowest BCUT2D eigenvalue weighted by atomic mass is 9.93. The number of thiocarbonyl (C=S) groups is 1. The Morgan fingerprint density at radius 3 is 2.68 bits per heavy atom. The molecule has 0 spiro atoms. The van der Waals surface area contributed by atoms with Crippen molar-refractivity contribution in [1.29, 1.82) is 0 Å². The third-order valence-corrected chi connectivity index (χ3v) is 7.99. The van der Waals surface area contributed by atoms with Crippen molar-refractivity contribution in [2.45, 2.75) is 26.1 Å². The Hall–Kier alpha value is -4.56. The van der Waals surface area contributed by atoms with Crippen molar-refractivity contribution >= 4 is 46.2 Å². The van der Waals surface area contributed by atoms with Gasteiger partial charge in [-0.15, -0.1) is 18.3 Å². The number of hydrazone groups is 1. The average Bonchev–Trinajstić information content (AvgIpc) is 3.61. The number of aliphatic imine (C=N–C) groups is 1. The molecule has 14 heteroatoms. The first kappa shape index (κ1) is 29.5. The number of benzene rings is 3. The van der Waals surface area contributed by atoms with Crippen LogP contribution in [0.15, 0.2) is 88.9 Å². The molecule has 1 fully saturated rings. The van der Waals surface area contributed by atoms with Crippen LogP contribution in [0.5, 0.6) is 5.75 Å². The van der Waals surface area contributed by atoms with E-state index >= 15 is 0 Å². The molecule has 0 radical (unpaired) electrons. The lowest BCUT2D eigenvalue weighted by Crippen LogP contribution is -2.28. The molecular weight excluding hydrogens is 615 g/mol. The highest BCUT2D eigenvalue weighted by Crippen LogP contribution is 2.43. The molecule has 1 unspecified atom stereocenters. The standard InChI is InChI=1S/C30H23F4N7OS2/c1-17-3-10-24-18(2)12-22-15-44-29(41(22)26(24)11-17)37-28(43)38-36-14-20-5-4-19(13-25(20)31)27-35-16-40(39-27)21-6-8-23(9-7-21)42-30(32,33)34/h3-14,16,18H,15H2,1-2H3,(H,38,43)/b36-14+,37-29?. The molecule has 2 aliphatic rings. The van der Waals surface area contributed by atoms with E-state index in [-0.39, 0.29) is 22.2 Å². The fourth-order valence-corrected chi connectivity index (χ4v) is 6.02. The SMILES string of the molecule is Cc1ccc2c(c1)N1C(=CC2C)CSC1=NC(=S)N/N=C/c1ccc(-c2ncn(-c3ccc(OC(F)(F)F)cc3)n2)cc1F. The number of nitrogens with one attached hydrogen (secondary N) is 1. The molecule has 3 heterocycles. The van der Waals surface area contributed by atoms with Gasteiger partial charge in [0.05, 0.1) is 17.6 Å². The van der Waals surface area contributed by atoms with Gasteiger partial charge in [-0.3, -0.25) is 10.3 Å². The molecule has 6 rings (SSSR count). The summed E-state index contributed by atoms with van der Waals surface area (Å²) < 4.78 is 57.4. The molecule has 1 saturated heterocycles. The number of halogens is 4. The monoisotopic (exact) mass is 637 g/mol. The summed E-state index contributed by atoms with van der Waals surface area (Å²) in [6.45, 7) is 4.23. The van der Waals surface area contributed by atoms with Crippen molar-refractivity contribution in [2.24, 2.45) is 10.1 Å². The largest absolute Gasteiger partial charge is 0.573 e. The Morgan fingerprint density at radius 2 is 1.93 bits per heavy atom. The molecule has 224 valence electrons. The highest BCUT2D eigenvalue weighted by Gasteiger charge is 2.33. The van der Waals surface area contributed by atoms with Crippen LogP contribution in [0.1, 0.15) is 29.5 Å². The molecule has 8 nitrogen and oxygen atoms in total. The van der Waals surface area contributed by atoms with Gasteiger partial charge in [-0.25, -0.2) is 14.1 Å². The maximum Gasteiger partial charge on any atom is 0.573 e. The molecular formula is C30H23F4N7OS2. The minimum Gasteiger partial charge on any atom is -0.406 e. The molecule has 44 heavy (non-hydrogen) atoms. The fourth-order valence-electron chi connectivity index (χ4n) is 4.82. The van der Waals surface area contributed by atoms with Crippen LogP contribution in [0.25, 0.3) is 17.1 Å². The second kappa shape index (κ2) is 11.8. The van der Waals surface area contributed by atoms with E-state index < -0.39 is 12.2 Å². The first-order valence-electron chi connectivity index (χ1n) is 13.3. The molecule has 3 aromatic carbocycles. The number of fused-ring (bicyclic) bond motifs is 3. The highest BCUT2D eigenvalue weighted by molar-refractivity contribution is 8.14. The van der Waals surface area contributed by atoms with Crippen molar-refractivity contribution in [3.63, 3.8) is 0 Å². The van der Waals surface area contributed by atoms with Crippen LogP contribution in [0, 0.1) is 12.7 Å². The van der Waals surface area contributed by atoms with Crippen molar-refractivity contribution in [1.82, 2.24) is 20.2 Å². The number of amidine groups is 1. The van der Waals surface area contributed by atoms with Crippen LogP contribution in [0.2, 0.25) is 0 Å². The zero-order chi connectivity index (χ0) is 31.0. The topological polar surface area (TPSA) is 79.9 Å². The zero-order valence-corrected chi connectivity index (χ0v) is 24.8. The molecule has 0 aliphatic carbocycles. The van der Waals surface area contributed by atoms with Crippen molar-refractivity contribution < 1.29 is 22.3 Å². The van der Waals surface area contributed by atoms with Crippen molar-refractivity contribution in [3.8, 4) is 22.8 Å². The van der Waals surface area contributed by atoms with Gasteiger partial charge >= 0.3 is 6.36 Å². The molecule has 0 amide bonds. The van der Waals surface area contributed by atoms with E-state index in [9.17, 15) is 17.6 Å². The summed E-state index contributed by atoms with van der Waals surface area (Å²) >= 11 is 6.99. The van der Waals surface area contributed by atoms with Crippen molar-refractivity contribution in [2.75, 3.05) is 10.7 Å². The van der Waals surface area contributed by atoms with E-state index in [1.807, 2.05) is 0 Å². The summed E-state index contributed by atoms with van der Waals surface area (Å²) in [5.74, 6) is 0.401. The number of alkyl halides is 3. The first-order chi connectivity index (χ1) is 21.0. The van der Waals surface area contributed by atoms with Gasteiger partial charge in [-0.1, -0.05) is 43.0 Å². The van der Waals surface area contributed by atoms with Gasteiger partial charge in [-0.2, -0.15) is 10.1 Å². The van der Waals surface area contributed by atoms with Gasteiger partial charge in [-0.05, 0) is 72.7 Å². The lowest BCUT2D eigenvalue weighted by molar-refractivity contribution is -0.274. The lowest BCUT2D eigenvalue weighted by Gasteiger charge is -2.30. The van der Waals surface area contributed by atoms with E-state index in [1.54, 1.807) is 17.8 Å². The van der Waals surface area contributed by atoms with Gasteiger partial charge < -0.3 is 4.74 Å². The average molecular weight is 638 g/mol. The van der Waals surface area contributed by atoms with Gasteiger partial charge in [0, 0.05) is 28.5 Å². The molecule has 1 atom stereocenters. The third kappa shape index (κ3) is 6.36. The minimum atomic E-state index is -4.78. The molecule has 0 saturated carbocycles. The summed E-state index contributed by atoms with van der Waals surface area (Å²) in [7, 11) is 0. The van der Waals surface area contributed by atoms with Crippen LogP contribution < -0.4 is 15.1 Å². The van der Waals surface area contributed by atoms with Crippen LogP contribution >= 0.6 is 24.0 Å². The molecule has 1 N–H and O–H groups in total. The van der Waals surface area contributed by atoms with Gasteiger partial charge in [0.2, 0.25) is 5.11 Å². The Morgan fingerprint density at radius 1 is 1.14 bits per heavy atom. The summed E-state index contributed by atoms with van der Waals surface area (Å²) in [6, 6.07) is 15.9. The number of nitrogens with zero attached hydrogens (tertiary/aromatic N) is 6. The third-order valence-electron chi connectivity index (χ3n) is 6.83. The van der Waals surface area contributed by atoms with E-state index in [4.69, 9.17) is 12.2 Å². The molecule has 4 aromatic rings. The Balaban J connectivity index is 1.11. The molecule has 1 aromatic heterocycles. The first-order valence-corrected chi connectivity index (χ1v) is 14.7. The van der Waals surface area contributed by atoms with Gasteiger partial charge in [0.25, 0.3) is 0 Å². The molecule has 0 bridgehead atoms. The van der Waals surface area contributed by atoms with Gasteiger partial charge in [0.1, 0.15) is 17.9 Å². The maximum atomic E-state index is 14.9. The summed E-state index contributed by atoms with van der Waals surface area (Å²) in [4.78, 5) is 10.9. The van der Waals surface area contributed by atoms with E-state index in [0.29, 0.717) is 17.2 Å². The van der Waals surface area contributed by atoms with Crippen LogP contribution in [0.3, 0.4) is 0 Å². The quantitative estimate of drug-likeness (QED) is 0.108. The second-order valence-corrected chi connectivity index (χ2v) is 11.3.